The lowest BCUT2D eigenvalue weighted by Gasteiger charge is -2.40. The molecule has 3 aromatic carbocycles. The zero-order chi connectivity index (χ0) is 31.3. The third-order valence-corrected chi connectivity index (χ3v) is 11.4. The van der Waals surface area contributed by atoms with Gasteiger partial charge in [-0.15, -0.1) is 0 Å². The standard InChI is InChI=1S/C34H41ClFN3O4S/c1-23-21-38-22-28(39(23)44(41,42)29-7-3-2-4-8-29)14-15-30-26(6-5-9-31(30)36)20-32(40)34(37)33(25-16-18-43-19-17-25)24-10-12-27(35)13-11-24/h2-13,23,25,28,33-34,38H,14-22,37H2,1H3/t23-,28+,33+,34-/m1/s1. The highest BCUT2D eigenvalue weighted by Gasteiger charge is 2.38. The molecule has 0 spiro atoms. The smallest absolute Gasteiger partial charge is 0.243 e. The van der Waals surface area contributed by atoms with Crippen LogP contribution in [0.25, 0.3) is 0 Å². The average Bonchev–Trinajstić information content (AvgIpc) is 3.02. The zero-order valence-electron chi connectivity index (χ0n) is 25.0. The normalized spacial score (nSPS) is 21.5. The number of carbonyl (C=O) groups is 1. The number of ketones is 1. The van der Waals surface area contributed by atoms with Gasteiger partial charge in [0.15, 0.2) is 5.78 Å². The highest BCUT2D eigenvalue weighted by atomic mass is 35.5. The summed E-state index contributed by atoms with van der Waals surface area (Å²) in [6.45, 7) is 4.11. The van der Waals surface area contributed by atoms with Gasteiger partial charge in [0.2, 0.25) is 10.0 Å². The molecule has 44 heavy (non-hydrogen) atoms. The van der Waals surface area contributed by atoms with E-state index in [-0.39, 0.29) is 47.4 Å². The quantitative estimate of drug-likeness (QED) is 0.302. The molecule has 3 aromatic rings. The summed E-state index contributed by atoms with van der Waals surface area (Å²) in [5.41, 5.74) is 8.70. The fourth-order valence-corrected chi connectivity index (χ4v) is 8.76. The van der Waals surface area contributed by atoms with E-state index in [1.165, 1.54) is 6.07 Å². The molecule has 0 saturated carbocycles. The molecule has 2 fully saturated rings. The predicted molar refractivity (Wildman–Crippen MR) is 171 cm³/mol. The fraction of sp³-hybridized carbons (Fsp3) is 0.441. The lowest BCUT2D eigenvalue weighted by molar-refractivity contribution is -0.120. The van der Waals surface area contributed by atoms with E-state index in [0.29, 0.717) is 48.9 Å². The molecule has 4 atom stereocenters. The summed E-state index contributed by atoms with van der Waals surface area (Å²) in [6, 6.07) is 19.2. The predicted octanol–water partition coefficient (Wildman–Crippen LogP) is 5.11. The van der Waals surface area contributed by atoms with E-state index in [4.69, 9.17) is 22.1 Å². The van der Waals surface area contributed by atoms with Crippen molar-refractivity contribution >= 4 is 27.4 Å². The first kappa shape index (κ1) is 32.7. The summed E-state index contributed by atoms with van der Waals surface area (Å²) in [6.07, 6.45) is 2.27. The van der Waals surface area contributed by atoms with Crippen LogP contribution >= 0.6 is 11.6 Å². The van der Waals surface area contributed by atoms with Gasteiger partial charge in [0.25, 0.3) is 0 Å². The van der Waals surface area contributed by atoms with Gasteiger partial charge in [-0.05, 0) is 85.5 Å². The van der Waals surface area contributed by atoms with Crippen molar-refractivity contribution in [3.63, 3.8) is 0 Å². The molecule has 10 heteroatoms. The summed E-state index contributed by atoms with van der Waals surface area (Å²) in [5.74, 6) is -0.609. The van der Waals surface area contributed by atoms with Gasteiger partial charge in [0.05, 0.1) is 10.9 Å². The Kier molecular flexibility index (Phi) is 10.9. The molecule has 7 nitrogen and oxygen atoms in total. The number of piperazine rings is 1. The molecule has 0 aliphatic carbocycles. The minimum atomic E-state index is -3.75. The Morgan fingerprint density at radius 3 is 2.45 bits per heavy atom. The molecular weight excluding hydrogens is 601 g/mol. The number of rotatable bonds is 11. The van der Waals surface area contributed by atoms with Gasteiger partial charge in [0.1, 0.15) is 5.82 Å². The van der Waals surface area contributed by atoms with Gasteiger partial charge in [-0.25, -0.2) is 12.8 Å². The molecule has 0 radical (unpaired) electrons. The van der Waals surface area contributed by atoms with Crippen molar-refractivity contribution < 1.29 is 22.3 Å². The first-order chi connectivity index (χ1) is 21.2. The molecule has 0 bridgehead atoms. The highest BCUT2D eigenvalue weighted by Crippen LogP contribution is 2.36. The van der Waals surface area contributed by atoms with Crippen LogP contribution in [-0.4, -0.2) is 62.9 Å². The number of hydrogen-bond donors (Lipinski definition) is 2. The second-order valence-corrected chi connectivity index (χ2v) is 14.2. The average molecular weight is 642 g/mol. The molecule has 2 saturated heterocycles. The molecule has 2 heterocycles. The van der Waals surface area contributed by atoms with Crippen LogP contribution in [0.15, 0.2) is 77.7 Å². The van der Waals surface area contributed by atoms with Crippen molar-refractivity contribution in [3.8, 4) is 0 Å². The van der Waals surface area contributed by atoms with Crippen LogP contribution in [0, 0.1) is 11.7 Å². The minimum absolute atomic E-state index is 0.00703. The van der Waals surface area contributed by atoms with E-state index in [0.717, 1.165) is 18.4 Å². The summed E-state index contributed by atoms with van der Waals surface area (Å²) in [5, 5.41) is 3.94. The van der Waals surface area contributed by atoms with Gasteiger partial charge < -0.3 is 15.8 Å². The largest absolute Gasteiger partial charge is 0.381 e. The number of nitrogens with one attached hydrogen (secondary N) is 1. The minimum Gasteiger partial charge on any atom is -0.381 e. The molecule has 3 N–H and O–H groups in total. The first-order valence-corrected chi connectivity index (χ1v) is 17.2. The maximum atomic E-state index is 15.4. The molecule has 2 aliphatic heterocycles. The van der Waals surface area contributed by atoms with Crippen molar-refractivity contribution in [2.45, 2.75) is 68.0 Å². The molecule has 2 aliphatic rings. The van der Waals surface area contributed by atoms with Gasteiger partial charge >= 0.3 is 0 Å². The summed E-state index contributed by atoms with van der Waals surface area (Å²) >= 11 is 6.15. The number of halogens is 2. The van der Waals surface area contributed by atoms with E-state index in [2.05, 4.69) is 5.32 Å². The van der Waals surface area contributed by atoms with Crippen molar-refractivity contribution in [3.05, 3.63) is 100 Å². The van der Waals surface area contributed by atoms with Crippen LogP contribution in [0.5, 0.6) is 0 Å². The Morgan fingerprint density at radius 2 is 1.75 bits per heavy atom. The Labute approximate surface area is 265 Å². The van der Waals surface area contributed by atoms with Gasteiger partial charge in [-0.1, -0.05) is 54.1 Å². The summed E-state index contributed by atoms with van der Waals surface area (Å²) in [7, 11) is -3.75. The van der Waals surface area contributed by atoms with Gasteiger partial charge in [-0.3, -0.25) is 4.79 Å². The number of carbonyl (C=O) groups excluding carboxylic acids is 1. The van der Waals surface area contributed by atoms with E-state index in [9.17, 15) is 13.2 Å². The number of benzene rings is 3. The van der Waals surface area contributed by atoms with Crippen molar-refractivity contribution in [1.29, 1.82) is 0 Å². The molecule has 5 rings (SSSR count). The summed E-state index contributed by atoms with van der Waals surface area (Å²) < 4.78 is 49.8. The van der Waals surface area contributed by atoms with E-state index in [1.807, 2.05) is 31.2 Å². The second-order valence-electron chi connectivity index (χ2n) is 11.9. The van der Waals surface area contributed by atoms with Crippen LogP contribution in [-0.2, 0) is 32.4 Å². The van der Waals surface area contributed by atoms with Crippen LogP contribution in [0.2, 0.25) is 5.02 Å². The van der Waals surface area contributed by atoms with Crippen molar-refractivity contribution in [1.82, 2.24) is 9.62 Å². The van der Waals surface area contributed by atoms with Crippen molar-refractivity contribution in [2.75, 3.05) is 26.3 Å². The Morgan fingerprint density at radius 1 is 1.05 bits per heavy atom. The Balaban J connectivity index is 1.35. The van der Waals surface area contributed by atoms with Gasteiger partial charge in [-0.2, -0.15) is 4.31 Å². The van der Waals surface area contributed by atoms with Crippen LogP contribution < -0.4 is 11.1 Å². The number of sulfonamides is 1. The molecule has 0 unspecified atom stereocenters. The molecule has 236 valence electrons. The number of Topliss-reactive ketones (excluding diaryl/α,β-unsaturated/α-hetero) is 1. The SMILES string of the molecule is C[C@@H]1CNC[C@H](CCc2c(F)cccc2CC(=O)[C@@H](N)[C@@H](c2ccc(Cl)cc2)C2CCOCC2)N1S(=O)(=O)c1ccccc1. The maximum absolute atomic E-state index is 15.4. The number of hydrogen-bond acceptors (Lipinski definition) is 6. The van der Waals surface area contributed by atoms with E-state index < -0.39 is 21.9 Å². The number of nitrogens with two attached hydrogens (primary N) is 1. The number of nitrogens with zero attached hydrogens (tertiary/aromatic N) is 1. The number of ether oxygens (including phenoxy) is 1. The lowest BCUT2D eigenvalue weighted by atomic mass is 9.75. The molecular formula is C34H41ClFN3O4S. The van der Waals surface area contributed by atoms with Gasteiger partial charge in [0, 0.05) is 55.7 Å². The first-order valence-electron chi connectivity index (χ1n) is 15.3. The third kappa shape index (κ3) is 7.41. The Bertz CT molecular complexity index is 1520. The lowest BCUT2D eigenvalue weighted by Crippen LogP contribution is -2.58. The van der Waals surface area contributed by atoms with Crippen molar-refractivity contribution in [2.24, 2.45) is 11.7 Å². The molecule has 0 aromatic heterocycles. The van der Waals surface area contributed by atoms with E-state index in [1.54, 1.807) is 46.8 Å². The van der Waals surface area contributed by atoms with Crippen LogP contribution in [0.1, 0.15) is 48.8 Å². The molecule has 0 amide bonds. The summed E-state index contributed by atoms with van der Waals surface area (Å²) in [4.78, 5) is 14.0. The topological polar surface area (TPSA) is 102 Å². The monoisotopic (exact) mass is 641 g/mol. The highest BCUT2D eigenvalue weighted by molar-refractivity contribution is 7.89. The fourth-order valence-electron chi connectivity index (χ4n) is 6.77. The van der Waals surface area contributed by atoms with Crippen LogP contribution in [0.3, 0.4) is 0 Å². The Hall–Kier alpha value is -2.66. The zero-order valence-corrected chi connectivity index (χ0v) is 26.6. The van der Waals surface area contributed by atoms with E-state index >= 15 is 4.39 Å². The van der Waals surface area contributed by atoms with Crippen LogP contribution in [0.4, 0.5) is 4.39 Å². The maximum Gasteiger partial charge on any atom is 0.243 e. The third-order valence-electron chi connectivity index (χ3n) is 9.03. The second kappa shape index (κ2) is 14.6.